The first-order chi connectivity index (χ1) is 7.69. The average molecular weight is 218 g/mol. The van der Waals surface area contributed by atoms with Gasteiger partial charge in [-0.05, 0) is 12.5 Å². The molecule has 0 spiro atoms. The lowest BCUT2D eigenvalue weighted by molar-refractivity contribution is -0.385. The summed E-state index contributed by atoms with van der Waals surface area (Å²) in [7, 11) is 0. The van der Waals surface area contributed by atoms with Crippen LogP contribution in [0.1, 0.15) is 12.1 Å². The number of nitro groups is 1. The lowest BCUT2D eigenvalue weighted by atomic mass is 10.3. The Kier molecular flexibility index (Phi) is 3.98. The highest BCUT2D eigenvalue weighted by atomic mass is 16.6. The molecule has 0 saturated heterocycles. The Hall–Kier alpha value is -2.42. The van der Waals surface area contributed by atoms with Crippen LogP contribution < -0.4 is 5.32 Å². The summed E-state index contributed by atoms with van der Waals surface area (Å²) in [6.07, 6.45) is 2.49. The molecule has 0 unspecified atom stereocenters. The molecule has 1 aromatic heterocycles. The van der Waals surface area contributed by atoms with Crippen LogP contribution in [0.15, 0.2) is 24.8 Å². The smallest absolute Gasteiger partial charge is 0.305 e. The lowest BCUT2D eigenvalue weighted by Crippen LogP contribution is -2.04. The van der Waals surface area contributed by atoms with Gasteiger partial charge in [0.05, 0.1) is 4.92 Å². The van der Waals surface area contributed by atoms with E-state index < -0.39 is 4.92 Å². The van der Waals surface area contributed by atoms with Gasteiger partial charge in [0, 0.05) is 12.6 Å². The van der Waals surface area contributed by atoms with E-state index in [4.69, 9.17) is 5.26 Å². The van der Waals surface area contributed by atoms with Crippen LogP contribution in [0.5, 0.6) is 0 Å². The minimum Gasteiger partial charge on any atom is -0.370 e. The summed E-state index contributed by atoms with van der Waals surface area (Å²) in [5.41, 5.74) is -0.467. The van der Waals surface area contributed by atoms with Gasteiger partial charge in [-0.2, -0.15) is 5.26 Å². The second-order valence-corrected chi connectivity index (χ2v) is 2.94. The Balaban J connectivity index is 2.88. The van der Waals surface area contributed by atoms with E-state index >= 15 is 0 Å². The first-order valence-corrected chi connectivity index (χ1v) is 4.59. The van der Waals surface area contributed by atoms with Crippen molar-refractivity contribution in [3.63, 3.8) is 0 Å². The van der Waals surface area contributed by atoms with Crippen molar-refractivity contribution in [3.8, 4) is 6.07 Å². The van der Waals surface area contributed by atoms with E-state index in [0.717, 1.165) is 6.42 Å². The molecule has 0 aromatic carbocycles. The van der Waals surface area contributed by atoms with Crippen LogP contribution in [0.3, 0.4) is 0 Å². The molecular weight excluding hydrogens is 208 g/mol. The number of nitrogens with one attached hydrogen (secondary N) is 1. The second-order valence-electron chi connectivity index (χ2n) is 2.94. The molecule has 0 aliphatic rings. The van der Waals surface area contributed by atoms with Gasteiger partial charge in [0.25, 0.3) is 0 Å². The molecule has 0 radical (unpaired) electrons. The van der Waals surface area contributed by atoms with Crippen LogP contribution in [-0.4, -0.2) is 16.5 Å². The molecule has 0 bridgehead atoms. The van der Waals surface area contributed by atoms with Crippen LogP contribution in [-0.2, 0) is 0 Å². The van der Waals surface area contributed by atoms with Crippen molar-refractivity contribution in [2.24, 2.45) is 0 Å². The Morgan fingerprint density at radius 1 is 1.69 bits per heavy atom. The molecule has 0 fully saturated rings. The molecule has 0 saturated carbocycles. The quantitative estimate of drug-likeness (QED) is 0.352. The van der Waals surface area contributed by atoms with Gasteiger partial charge in [-0.1, -0.05) is 6.08 Å². The Morgan fingerprint density at radius 2 is 2.44 bits per heavy atom. The fraction of sp³-hybridized carbons (Fsp3) is 0.200. The number of pyridine rings is 1. The zero-order valence-corrected chi connectivity index (χ0v) is 8.51. The van der Waals surface area contributed by atoms with E-state index in [0.29, 0.717) is 12.4 Å². The Labute approximate surface area is 92.4 Å². The molecule has 1 rings (SSSR count). The van der Waals surface area contributed by atoms with Crippen molar-refractivity contribution in [3.05, 3.63) is 40.6 Å². The molecule has 0 amide bonds. The predicted octanol–water partition coefficient (Wildman–Crippen LogP) is 1.85. The Bertz CT molecular complexity index is 451. The van der Waals surface area contributed by atoms with Gasteiger partial charge in [0.1, 0.15) is 11.9 Å². The second kappa shape index (κ2) is 5.46. The van der Waals surface area contributed by atoms with Crippen LogP contribution >= 0.6 is 0 Å². The third kappa shape index (κ3) is 2.78. The largest absolute Gasteiger partial charge is 0.370 e. The average Bonchev–Trinajstić information content (AvgIpc) is 2.29. The number of aromatic nitrogens is 1. The van der Waals surface area contributed by atoms with Gasteiger partial charge >= 0.3 is 5.69 Å². The van der Waals surface area contributed by atoms with E-state index in [9.17, 15) is 10.1 Å². The molecule has 16 heavy (non-hydrogen) atoms. The SMILES string of the molecule is C=CCCNc1ccc([N+](=O)[O-])c(C#N)n1. The molecule has 0 aliphatic carbocycles. The van der Waals surface area contributed by atoms with Crippen molar-refractivity contribution in [1.82, 2.24) is 4.98 Å². The van der Waals surface area contributed by atoms with Crippen LogP contribution in [0.2, 0.25) is 0 Å². The van der Waals surface area contributed by atoms with Gasteiger partial charge in [0.2, 0.25) is 5.69 Å². The number of nitriles is 1. The van der Waals surface area contributed by atoms with Crippen LogP contribution in [0, 0.1) is 21.4 Å². The number of nitrogens with zero attached hydrogens (tertiary/aromatic N) is 3. The zero-order valence-electron chi connectivity index (χ0n) is 8.51. The van der Waals surface area contributed by atoms with Crippen LogP contribution in [0.25, 0.3) is 0 Å². The number of hydrogen-bond acceptors (Lipinski definition) is 5. The lowest BCUT2D eigenvalue weighted by Gasteiger charge is -2.03. The molecule has 82 valence electrons. The van der Waals surface area contributed by atoms with Crippen molar-refractivity contribution in [2.75, 3.05) is 11.9 Å². The van der Waals surface area contributed by atoms with E-state index in [1.54, 1.807) is 12.1 Å². The van der Waals surface area contributed by atoms with Crippen LogP contribution in [0.4, 0.5) is 11.5 Å². The summed E-state index contributed by atoms with van der Waals surface area (Å²) in [6, 6.07) is 4.43. The molecule has 0 atom stereocenters. The zero-order chi connectivity index (χ0) is 12.0. The van der Waals surface area contributed by atoms with E-state index in [-0.39, 0.29) is 11.4 Å². The first-order valence-electron chi connectivity index (χ1n) is 4.59. The molecule has 6 heteroatoms. The molecule has 1 heterocycles. The van der Waals surface area contributed by atoms with Crippen molar-refractivity contribution in [1.29, 1.82) is 5.26 Å². The molecule has 1 N–H and O–H groups in total. The third-order valence-electron chi connectivity index (χ3n) is 1.83. The number of rotatable bonds is 5. The highest BCUT2D eigenvalue weighted by Gasteiger charge is 2.14. The minimum atomic E-state index is -0.626. The monoisotopic (exact) mass is 218 g/mol. The van der Waals surface area contributed by atoms with Crippen molar-refractivity contribution < 1.29 is 4.92 Å². The fourth-order valence-electron chi connectivity index (χ4n) is 1.08. The highest BCUT2D eigenvalue weighted by molar-refractivity contribution is 5.50. The van der Waals surface area contributed by atoms with Gasteiger partial charge < -0.3 is 5.32 Å². The maximum Gasteiger partial charge on any atom is 0.305 e. The molecule has 1 aromatic rings. The molecular formula is C10H10N4O2. The first kappa shape index (κ1) is 11.7. The predicted molar refractivity (Wildman–Crippen MR) is 58.9 cm³/mol. The van der Waals surface area contributed by atoms with Gasteiger partial charge in [0.15, 0.2) is 0 Å². The molecule has 6 nitrogen and oxygen atoms in total. The van der Waals surface area contributed by atoms with E-state index in [1.807, 2.05) is 0 Å². The normalized spacial score (nSPS) is 9.19. The summed E-state index contributed by atoms with van der Waals surface area (Å²) in [5, 5.41) is 22.2. The summed E-state index contributed by atoms with van der Waals surface area (Å²) in [4.78, 5) is 13.7. The summed E-state index contributed by atoms with van der Waals surface area (Å²) in [5.74, 6) is 0.448. The number of hydrogen-bond donors (Lipinski definition) is 1. The van der Waals surface area contributed by atoms with E-state index in [2.05, 4.69) is 16.9 Å². The van der Waals surface area contributed by atoms with Gasteiger partial charge in [-0.25, -0.2) is 4.98 Å². The topological polar surface area (TPSA) is 91.9 Å². The maximum absolute atomic E-state index is 10.5. The van der Waals surface area contributed by atoms with E-state index in [1.165, 1.54) is 12.1 Å². The standard InChI is InChI=1S/C10H10N4O2/c1-2-3-6-12-10-5-4-9(14(15)16)8(7-11)13-10/h2,4-5H,1,3,6H2,(H,12,13). The third-order valence-corrected chi connectivity index (χ3v) is 1.83. The summed E-state index contributed by atoms with van der Waals surface area (Å²) >= 11 is 0. The fourth-order valence-corrected chi connectivity index (χ4v) is 1.08. The van der Waals surface area contributed by atoms with Gasteiger partial charge in [-0.15, -0.1) is 6.58 Å². The van der Waals surface area contributed by atoms with Crippen molar-refractivity contribution >= 4 is 11.5 Å². The van der Waals surface area contributed by atoms with Gasteiger partial charge in [-0.3, -0.25) is 10.1 Å². The number of anilines is 1. The molecule has 0 aliphatic heterocycles. The minimum absolute atomic E-state index is 0.186. The maximum atomic E-state index is 10.5. The Morgan fingerprint density at radius 3 is 3.00 bits per heavy atom. The summed E-state index contributed by atoms with van der Waals surface area (Å²) in [6.45, 7) is 4.19. The highest BCUT2D eigenvalue weighted by Crippen LogP contribution is 2.17. The summed E-state index contributed by atoms with van der Waals surface area (Å²) < 4.78 is 0. The van der Waals surface area contributed by atoms with Crippen molar-refractivity contribution in [2.45, 2.75) is 6.42 Å².